The lowest BCUT2D eigenvalue weighted by molar-refractivity contribution is -0.127. The molecule has 102 valence electrons. The van der Waals surface area contributed by atoms with Crippen molar-refractivity contribution >= 4 is 5.91 Å². The van der Waals surface area contributed by atoms with E-state index in [2.05, 4.69) is 12.2 Å². The number of hydrogen-bond donors (Lipinski definition) is 2. The normalized spacial score (nSPS) is 13.5. The zero-order valence-electron chi connectivity index (χ0n) is 11.7. The Morgan fingerprint density at radius 3 is 2.41 bits per heavy atom. The molecule has 0 aliphatic heterocycles. The Balaban J connectivity index is 3.78. The molecule has 0 saturated carbocycles. The molecule has 0 spiro atoms. The lowest BCUT2D eigenvalue weighted by Crippen LogP contribution is -2.44. The SMILES string of the molecule is CCCC(C)NC(=O)COCC(N)(CC)CC. The third-order valence-electron chi connectivity index (χ3n) is 3.16. The quantitative estimate of drug-likeness (QED) is 0.650. The molecule has 1 amide bonds. The number of nitrogens with one attached hydrogen (secondary N) is 1. The summed E-state index contributed by atoms with van der Waals surface area (Å²) in [6.45, 7) is 8.73. The summed E-state index contributed by atoms with van der Waals surface area (Å²) in [5.41, 5.74) is 5.78. The van der Waals surface area contributed by atoms with E-state index in [0.29, 0.717) is 6.61 Å². The monoisotopic (exact) mass is 244 g/mol. The summed E-state index contributed by atoms with van der Waals surface area (Å²) >= 11 is 0. The van der Waals surface area contributed by atoms with Crippen molar-refractivity contribution in [2.24, 2.45) is 5.73 Å². The van der Waals surface area contributed by atoms with Crippen LogP contribution in [0, 0.1) is 0 Å². The van der Waals surface area contributed by atoms with Gasteiger partial charge in [-0.05, 0) is 26.2 Å². The Morgan fingerprint density at radius 1 is 1.35 bits per heavy atom. The molecule has 0 saturated heterocycles. The van der Waals surface area contributed by atoms with Gasteiger partial charge in [0, 0.05) is 11.6 Å². The number of nitrogens with two attached hydrogens (primary N) is 1. The highest BCUT2D eigenvalue weighted by molar-refractivity contribution is 5.77. The van der Waals surface area contributed by atoms with Crippen LogP contribution in [0.3, 0.4) is 0 Å². The van der Waals surface area contributed by atoms with Crippen LogP contribution in [-0.2, 0) is 9.53 Å². The summed E-state index contributed by atoms with van der Waals surface area (Å²) in [5, 5.41) is 2.90. The van der Waals surface area contributed by atoms with E-state index in [9.17, 15) is 4.79 Å². The van der Waals surface area contributed by atoms with Crippen molar-refractivity contribution in [2.45, 2.75) is 65.0 Å². The maximum atomic E-state index is 11.5. The first-order chi connectivity index (χ1) is 7.97. The third-order valence-corrected chi connectivity index (χ3v) is 3.16. The molecule has 0 heterocycles. The van der Waals surface area contributed by atoms with Crippen LogP contribution in [0.4, 0.5) is 0 Å². The minimum Gasteiger partial charge on any atom is -0.370 e. The second kappa shape index (κ2) is 8.48. The molecular formula is C13H28N2O2. The Bertz CT molecular complexity index is 215. The van der Waals surface area contributed by atoms with Crippen molar-refractivity contribution in [1.82, 2.24) is 5.32 Å². The fourth-order valence-electron chi connectivity index (χ4n) is 1.62. The van der Waals surface area contributed by atoms with Gasteiger partial charge in [0.1, 0.15) is 6.61 Å². The van der Waals surface area contributed by atoms with Gasteiger partial charge in [-0.1, -0.05) is 27.2 Å². The summed E-state index contributed by atoms with van der Waals surface area (Å²) in [5.74, 6) is -0.0551. The first-order valence-corrected chi connectivity index (χ1v) is 6.63. The summed E-state index contributed by atoms with van der Waals surface area (Å²) in [6.07, 6.45) is 3.78. The molecule has 0 rings (SSSR count). The maximum absolute atomic E-state index is 11.5. The van der Waals surface area contributed by atoms with Crippen LogP contribution in [0.25, 0.3) is 0 Å². The smallest absolute Gasteiger partial charge is 0.246 e. The van der Waals surface area contributed by atoms with Gasteiger partial charge in [0.15, 0.2) is 0 Å². The molecule has 0 aromatic rings. The predicted molar refractivity (Wildman–Crippen MR) is 70.8 cm³/mol. The van der Waals surface area contributed by atoms with Gasteiger partial charge in [-0.2, -0.15) is 0 Å². The number of rotatable bonds is 9. The Morgan fingerprint density at radius 2 is 1.94 bits per heavy atom. The van der Waals surface area contributed by atoms with Gasteiger partial charge in [-0.3, -0.25) is 4.79 Å². The minimum absolute atomic E-state index is 0.0551. The topological polar surface area (TPSA) is 64.3 Å². The van der Waals surface area contributed by atoms with Crippen molar-refractivity contribution in [2.75, 3.05) is 13.2 Å². The summed E-state index contributed by atoms with van der Waals surface area (Å²) in [6, 6.07) is 0.219. The molecule has 0 aliphatic rings. The van der Waals surface area contributed by atoms with Gasteiger partial charge < -0.3 is 15.8 Å². The molecule has 0 fully saturated rings. The number of amides is 1. The van der Waals surface area contributed by atoms with E-state index in [4.69, 9.17) is 10.5 Å². The fourth-order valence-corrected chi connectivity index (χ4v) is 1.62. The fraction of sp³-hybridized carbons (Fsp3) is 0.923. The van der Waals surface area contributed by atoms with Crippen LogP contribution < -0.4 is 11.1 Å². The zero-order valence-corrected chi connectivity index (χ0v) is 11.7. The summed E-state index contributed by atoms with van der Waals surface area (Å²) in [4.78, 5) is 11.5. The molecule has 0 aromatic carbocycles. The summed E-state index contributed by atoms with van der Waals surface area (Å²) in [7, 11) is 0. The Labute approximate surface area is 105 Å². The highest BCUT2D eigenvalue weighted by Crippen LogP contribution is 2.11. The van der Waals surface area contributed by atoms with Crippen LogP contribution in [0.15, 0.2) is 0 Å². The van der Waals surface area contributed by atoms with E-state index in [1.165, 1.54) is 0 Å². The Hall–Kier alpha value is -0.610. The molecule has 0 bridgehead atoms. The number of ether oxygens (including phenoxy) is 1. The average molecular weight is 244 g/mol. The second-order valence-electron chi connectivity index (χ2n) is 4.82. The van der Waals surface area contributed by atoms with E-state index in [1.54, 1.807) is 0 Å². The van der Waals surface area contributed by atoms with E-state index >= 15 is 0 Å². The van der Waals surface area contributed by atoms with Gasteiger partial charge in [0.2, 0.25) is 5.91 Å². The first-order valence-electron chi connectivity index (χ1n) is 6.63. The molecule has 4 heteroatoms. The standard InChI is InChI=1S/C13H28N2O2/c1-5-8-11(4)15-12(16)9-17-10-13(14,6-2)7-3/h11H,5-10,14H2,1-4H3,(H,15,16). The lowest BCUT2D eigenvalue weighted by atomic mass is 9.96. The average Bonchev–Trinajstić information content (AvgIpc) is 2.29. The van der Waals surface area contributed by atoms with Crippen molar-refractivity contribution in [3.05, 3.63) is 0 Å². The van der Waals surface area contributed by atoms with Crippen LogP contribution in [0.5, 0.6) is 0 Å². The molecule has 4 nitrogen and oxygen atoms in total. The number of carbonyl (C=O) groups excluding carboxylic acids is 1. The molecular weight excluding hydrogens is 216 g/mol. The predicted octanol–water partition coefficient (Wildman–Crippen LogP) is 1.83. The van der Waals surface area contributed by atoms with Crippen molar-refractivity contribution in [3.63, 3.8) is 0 Å². The summed E-state index contributed by atoms with van der Waals surface area (Å²) < 4.78 is 5.38. The van der Waals surface area contributed by atoms with Gasteiger partial charge >= 0.3 is 0 Å². The van der Waals surface area contributed by atoms with Crippen LogP contribution in [-0.4, -0.2) is 30.7 Å². The third kappa shape index (κ3) is 7.34. The van der Waals surface area contributed by atoms with Crippen LogP contribution in [0.1, 0.15) is 53.4 Å². The van der Waals surface area contributed by atoms with Crippen LogP contribution >= 0.6 is 0 Å². The zero-order chi connectivity index (χ0) is 13.3. The van der Waals surface area contributed by atoms with E-state index in [-0.39, 0.29) is 24.1 Å². The number of carbonyl (C=O) groups is 1. The number of hydrogen-bond acceptors (Lipinski definition) is 3. The largest absolute Gasteiger partial charge is 0.370 e. The van der Waals surface area contributed by atoms with Gasteiger partial charge in [0.25, 0.3) is 0 Å². The molecule has 17 heavy (non-hydrogen) atoms. The van der Waals surface area contributed by atoms with Crippen molar-refractivity contribution in [3.8, 4) is 0 Å². The van der Waals surface area contributed by atoms with Crippen LogP contribution in [0.2, 0.25) is 0 Å². The second-order valence-corrected chi connectivity index (χ2v) is 4.82. The Kier molecular flexibility index (Phi) is 8.17. The maximum Gasteiger partial charge on any atom is 0.246 e. The van der Waals surface area contributed by atoms with Crippen molar-refractivity contribution < 1.29 is 9.53 Å². The molecule has 1 unspecified atom stereocenters. The highest BCUT2D eigenvalue weighted by atomic mass is 16.5. The lowest BCUT2D eigenvalue weighted by Gasteiger charge is -2.26. The molecule has 0 radical (unpaired) electrons. The first kappa shape index (κ1) is 16.4. The molecule has 3 N–H and O–H groups in total. The molecule has 1 atom stereocenters. The van der Waals surface area contributed by atoms with E-state index < -0.39 is 0 Å². The highest BCUT2D eigenvalue weighted by Gasteiger charge is 2.20. The van der Waals surface area contributed by atoms with Gasteiger partial charge in [-0.15, -0.1) is 0 Å². The van der Waals surface area contributed by atoms with E-state index in [0.717, 1.165) is 25.7 Å². The van der Waals surface area contributed by atoms with Crippen molar-refractivity contribution in [1.29, 1.82) is 0 Å². The minimum atomic E-state index is -0.296. The van der Waals surface area contributed by atoms with E-state index in [1.807, 2.05) is 20.8 Å². The molecule has 0 aliphatic carbocycles. The van der Waals surface area contributed by atoms with Gasteiger partial charge in [-0.25, -0.2) is 0 Å². The molecule has 0 aromatic heterocycles. The van der Waals surface area contributed by atoms with Gasteiger partial charge in [0.05, 0.1) is 6.61 Å².